The molecule has 28 heavy (non-hydrogen) atoms. The summed E-state index contributed by atoms with van der Waals surface area (Å²) >= 11 is 12.1. The summed E-state index contributed by atoms with van der Waals surface area (Å²) in [6.07, 6.45) is 1.68. The molecule has 4 rings (SSSR count). The number of rotatable bonds is 5. The van der Waals surface area contributed by atoms with Gasteiger partial charge in [-0.1, -0.05) is 35.3 Å². The van der Waals surface area contributed by atoms with Gasteiger partial charge in [-0.2, -0.15) is 10.1 Å². The monoisotopic (exact) mass is 418 g/mol. The Bertz CT molecular complexity index is 1040. The number of halogens is 2. The Morgan fingerprint density at radius 1 is 1.21 bits per heavy atom. The van der Waals surface area contributed by atoms with Crippen molar-refractivity contribution in [3.63, 3.8) is 0 Å². The van der Waals surface area contributed by atoms with Crippen LogP contribution in [0.15, 0.2) is 42.7 Å². The van der Waals surface area contributed by atoms with Crippen molar-refractivity contribution < 1.29 is 14.3 Å². The van der Waals surface area contributed by atoms with Gasteiger partial charge in [0, 0.05) is 15.6 Å². The first-order valence-electron chi connectivity index (χ1n) is 8.49. The van der Waals surface area contributed by atoms with Crippen molar-refractivity contribution >= 4 is 35.1 Å². The normalized spacial score (nSPS) is 15.7. The fourth-order valence-electron chi connectivity index (χ4n) is 3.07. The Balaban J connectivity index is 1.58. The number of hydrogen-bond acceptors (Lipinski definition) is 5. The number of carbonyl (C=O) groups is 1. The molecule has 0 bridgehead atoms. The van der Waals surface area contributed by atoms with E-state index in [0.717, 1.165) is 11.1 Å². The summed E-state index contributed by atoms with van der Waals surface area (Å²) in [5.41, 5.74) is 1.68. The van der Waals surface area contributed by atoms with Crippen LogP contribution in [0.1, 0.15) is 23.6 Å². The second-order valence-electron chi connectivity index (χ2n) is 6.23. The third kappa shape index (κ3) is 3.63. The van der Waals surface area contributed by atoms with E-state index in [-0.39, 0.29) is 25.0 Å². The van der Waals surface area contributed by atoms with Crippen LogP contribution in [-0.4, -0.2) is 27.8 Å². The maximum absolute atomic E-state index is 12.0. The second kappa shape index (κ2) is 7.69. The summed E-state index contributed by atoms with van der Waals surface area (Å²) < 4.78 is 13.1. The lowest BCUT2D eigenvalue weighted by atomic mass is 10.0. The highest BCUT2D eigenvalue weighted by Crippen LogP contribution is 2.35. The SMILES string of the molecule is COc1cc([C@H]2CC(=O)Nc3ncnn32)ccc1OCc1ccc(Cl)cc1Cl. The molecule has 144 valence electrons. The number of carbonyl (C=O) groups excluding carboxylic acids is 1. The number of amides is 1. The number of methoxy groups -OCH3 is 1. The zero-order valence-electron chi connectivity index (χ0n) is 14.9. The maximum atomic E-state index is 12.0. The molecule has 3 aromatic rings. The van der Waals surface area contributed by atoms with Gasteiger partial charge in [-0.3, -0.25) is 10.1 Å². The number of fused-ring (bicyclic) bond motifs is 1. The highest BCUT2D eigenvalue weighted by atomic mass is 35.5. The van der Waals surface area contributed by atoms with Crippen LogP contribution in [0.4, 0.5) is 5.95 Å². The van der Waals surface area contributed by atoms with E-state index >= 15 is 0 Å². The molecule has 1 aromatic heterocycles. The van der Waals surface area contributed by atoms with Crippen LogP contribution in [0.3, 0.4) is 0 Å². The van der Waals surface area contributed by atoms with E-state index in [0.29, 0.717) is 27.5 Å². The quantitative estimate of drug-likeness (QED) is 0.674. The second-order valence-corrected chi connectivity index (χ2v) is 7.07. The van der Waals surface area contributed by atoms with Gasteiger partial charge in [0.15, 0.2) is 11.5 Å². The first-order chi connectivity index (χ1) is 13.5. The van der Waals surface area contributed by atoms with Gasteiger partial charge >= 0.3 is 0 Å². The van der Waals surface area contributed by atoms with Gasteiger partial charge in [0.1, 0.15) is 12.9 Å². The molecule has 1 N–H and O–H groups in total. The molecular weight excluding hydrogens is 403 g/mol. The van der Waals surface area contributed by atoms with E-state index in [2.05, 4.69) is 15.4 Å². The van der Waals surface area contributed by atoms with Crippen molar-refractivity contribution in [2.45, 2.75) is 19.1 Å². The van der Waals surface area contributed by atoms with E-state index in [1.807, 2.05) is 18.2 Å². The third-order valence-corrected chi connectivity index (χ3v) is 5.06. The van der Waals surface area contributed by atoms with E-state index in [1.165, 1.54) is 6.33 Å². The van der Waals surface area contributed by atoms with Gasteiger partial charge in [-0.05, 0) is 29.8 Å². The largest absolute Gasteiger partial charge is 0.493 e. The average molecular weight is 419 g/mol. The number of benzene rings is 2. The molecule has 7 nitrogen and oxygen atoms in total. The van der Waals surface area contributed by atoms with Crippen LogP contribution >= 0.6 is 23.2 Å². The van der Waals surface area contributed by atoms with Crippen molar-refractivity contribution in [3.8, 4) is 11.5 Å². The first-order valence-corrected chi connectivity index (χ1v) is 9.25. The fraction of sp³-hybridized carbons (Fsp3) is 0.211. The van der Waals surface area contributed by atoms with E-state index < -0.39 is 0 Å². The van der Waals surface area contributed by atoms with Crippen molar-refractivity contribution in [1.82, 2.24) is 14.8 Å². The van der Waals surface area contributed by atoms with E-state index in [9.17, 15) is 4.79 Å². The molecule has 0 unspecified atom stereocenters. The lowest BCUT2D eigenvalue weighted by molar-refractivity contribution is -0.117. The van der Waals surface area contributed by atoms with Gasteiger partial charge in [0.25, 0.3) is 0 Å². The smallest absolute Gasteiger partial charge is 0.229 e. The van der Waals surface area contributed by atoms with Crippen LogP contribution in [0, 0.1) is 0 Å². The molecule has 0 fully saturated rings. The standard InChI is InChI=1S/C19H16Cl2N4O3/c1-27-17-6-11(15-8-18(26)24-19-22-10-23-25(15)19)3-5-16(17)28-9-12-2-4-13(20)7-14(12)21/h2-7,10,15H,8-9H2,1H3,(H,22,23,24,26)/t15-/m1/s1. The minimum Gasteiger partial charge on any atom is -0.493 e. The molecule has 1 amide bonds. The molecule has 0 saturated carbocycles. The number of nitrogens with zero attached hydrogens (tertiary/aromatic N) is 3. The molecule has 2 heterocycles. The molecule has 0 aliphatic carbocycles. The summed E-state index contributed by atoms with van der Waals surface area (Å²) in [6, 6.07) is 10.5. The first kappa shape index (κ1) is 18.6. The van der Waals surface area contributed by atoms with E-state index in [1.54, 1.807) is 30.0 Å². The molecule has 0 radical (unpaired) electrons. The maximum Gasteiger partial charge on any atom is 0.229 e. The number of hydrogen-bond donors (Lipinski definition) is 1. The number of aromatic nitrogens is 3. The van der Waals surface area contributed by atoms with Crippen LogP contribution in [0.25, 0.3) is 0 Å². The van der Waals surface area contributed by atoms with Crippen LogP contribution < -0.4 is 14.8 Å². The zero-order chi connectivity index (χ0) is 19.7. The summed E-state index contributed by atoms with van der Waals surface area (Å²) in [5, 5.41) is 8.02. The van der Waals surface area contributed by atoms with Gasteiger partial charge in [-0.25, -0.2) is 4.68 Å². The molecule has 0 spiro atoms. The predicted molar refractivity (Wildman–Crippen MR) is 105 cm³/mol. The molecule has 1 aliphatic rings. The summed E-state index contributed by atoms with van der Waals surface area (Å²) in [4.78, 5) is 16.0. The Hall–Kier alpha value is -2.77. The van der Waals surface area contributed by atoms with Crippen LogP contribution in [0.2, 0.25) is 10.0 Å². The number of nitrogens with one attached hydrogen (secondary N) is 1. The summed E-state index contributed by atoms with van der Waals surface area (Å²) in [6.45, 7) is 0.269. The van der Waals surface area contributed by atoms with Crippen LogP contribution in [0.5, 0.6) is 11.5 Å². The van der Waals surface area contributed by atoms with Gasteiger partial charge in [-0.15, -0.1) is 0 Å². The molecule has 9 heteroatoms. The minimum atomic E-state index is -0.264. The average Bonchev–Trinajstić information content (AvgIpc) is 3.15. The zero-order valence-corrected chi connectivity index (χ0v) is 16.4. The van der Waals surface area contributed by atoms with Crippen molar-refractivity contribution in [2.24, 2.45) is 0 Å². The number of ether oxygens (including phenoxy) is 2. The lowest BCUT2D eigenvalue weighted by Gasteiger charge is -2.24. The van der Waals surface area contributed by atoms with Crippen molar-refractivity contribution in [3.05, 3.63) is 63.9 Å². The molecule has 1 aliphatic heterocycles. The third-order valence-electron chi connectivity index (χ3n) is 4.47. The number of anilines is 1. The predicted octanol–water partition coefficient (Wildman–Crippen LogP) is 4.10. The Labute approximate surface area is 171 Å². The Morgan fingerprint density at radius 2 is 2.07 bits per heavy atom. The van der Waals surface area contributed by atoms with Crippen molar-refractivity contribution in [1.29, 1.82) is 0 Å². The highest BCUT2D eigenvalue weighted by Gasteiger charge is 2.28. The Kier molecular flexibility index (Phi) is 5.11. The molecule has 2 aromatic carbocycles. The molecule has 0 saturated heterocycles. The summed E-state index contributed by atoms with van der Waals surface area (Å²) in [7, 11) is 1.57. The summed E-state index contributed by atoms with van der Waals surface area (Å²) in [5.74, 6) is 1.44. The van der Waals surface area contributed by atoms with Crippen LogP contribution in [-0.2, 0) is 11.4 Å². The topological polar surface area (TPSA) is 78.3 Å². The van der Waals surface area contributed by atoms with Gasteiger partial charge in [0.05, 0.1) is 19.6 Å². The van der Waals surface area contributed by atoms with Gasteiger partial charge < -0.3 is 9.47 Å². The molecule has 1 atom stereocenters. The fourth-order valence-corrected chi connectivity index (χ4v) is 3.53. The van der Waals surface area contributed by atoms with Gasteiger partial charge in [0.2, 0.25) is 11.9 Å². The van der Waals surface area contributed by atoms with Crippen molar-refractivity contribution in [2.75, 3.05) is 12.4 Å². The lowest BCUT2D eigenvalue weighted by Crippen LogP contribution is -2.29. The highest BCUT2D eigenvalue weighted by molar-refractivity contribution is 6.35. The minimum absolute atomic E-state index is 0.109. The molecular formula is C19H16Cl2N4O3. The Morgan fingerprint density at radius 3 is 2.86 bits per heavy atom. The van der Waals surface area contributed by atoms with E-state index in [4.69, 9.17) is 32.7 Å².